The van der Waals surface area contributed by atoms with Crippen LogP contribution in [0.3, 0.4) is 0 Å². The molecule has 3 unspecified atom stereocenters. The van der Waals surface area contributed by atoms with E-state index in [-0.39, 0.29) is 11.8 Å². The highest BCUT2D eigenvalue weighted by atomic mass is 35.5. The van der Waals surface area contributed by atoms with Gasteiger partial charge < -0.3 is 10.6 Å². The molecule has 2 N–H and O–H groups in total. The number of hydrogen-bond acceptors (Lipinski definition) is 2. The lowest BCUT2D eigenvalue weighted by Crippen LogP contribution is -2.31. The monoisotopic (exact) mass is 236 g/mol. The molecule has 0 aromatic heterocycles. The fraction of sp³-hybridized carbons (Fsp3) is 0.417. The number of halogens is 1. The van der Waals surface area contributed by atoms with Gasteiger partial charge in [0.25, 0.3) is 0 Å². The van der Waals surface area contributed by atoms with Crippen molar-refractivity contribution in [1.82, 2.24) is 0 Å². The van der Waals surface area contributed by atoms with Crippen LogP contribution in [0, 0.1) is 17.8 Å². The van der Waals surface area contributed by atoms with Crippen molar-refractivity contribution >= 4 is 23.2 Å². The normalized spacial score (nSPS) is 31.8. The van der Waals surface area contributed by atoms with E-state index >= 15 is 0 Å². The van der Waals surface area contributed by atoms with Crippen molar-refractivity contribution in [2.24, 2.45) is 23.5 Å². The summed E-state index contributed by atoms with van der Waals surface area (Å²) in [6.07, 6.45) is 0. The molecule has 1 aromatic rings. The summed E-state index contributed by atoms with van der Waals surface area (Å²) in [7, 11) is 0. The number of benzene rings is 1. The third-order valence-corrected chi connectivity index (χ3v) is 4.01. The minimum Gasteiger partial charge on any atom is -0.330 e. The number of carbonyl (C=O) groups excluding carboxylic acids is 1. The molecule has 2 aliphatic rings. The number of piperidine rings is 1. The summed E-state index contributed by atoms with van der Waals surface area (Å²) >= 11 is 6.08. The van der Waals surface area contributed by atoms with Gasteiger partial charge in [0.1, 0.15) is 0 Å². The lowest BCUT2D eigenvalue weighted by atomic mass is 10.2. The van der Waals surface area contributed by atoms with E-state index in [4.69, 9.17) is 17.3 Å². The zero-order valence-electron chi connectivity index (χ0n) is 8.77. The lowest BCUT2D eigenvalue weighted by molar-refractivity contribution is -0.119. The lowest BCUT2D eigenvalue weighted by Gasteiger charge is -2.20. The quantitative estimate of drug-likeness (QED) is 0.846. The number of carbonyl (C=O) groups is 1. The van der Waals surface area contributed by atoms with E-state index in [0.29, 0.717) is 23.4 Å². The van der Waals surface area contributed by atoms with Crippen LogP contribution in [0.15, 0.2) is 24.3 Å². The summed E-state index contributed by atoms with van der Waals surface area (Å²) in [4.78, 5) is 13.9. The first-order valence-corrected chi connectivity index (χ1v) is 5.88. The third-order valence-electron chi connectivity index (χ3n) is 3.69. The van der Waals surface area contributed by atoms with Crippen LogP contribution in [0.4, 0.5) is 5.69 Å². The smallest absolute Gasteiger partial charge is 0.230 e. The van der Waals surface area contributed by atoms with Gasteiger partial charge in [-0.05, 0) is 30.5 Å². The molecule has 0 spiro atoms. The number of nitrogens with zero attached hydrogens (tertiary/aromatic N) is 1. The average molecular weight is 237 g/mol. The minimum atomic E-state index is 0.154. The first-order chi connectivity index (χ1) is 7.74. The number of anilines is 1. The van der Waals surface area contributed by atoms with Crippen LogP contribution in [0.1, 0.15) is 0 Å². The van der Waals surface area contributed by atoms with Gasteiger partial charge in [0, 0.05) is 12.5 Å². The molecule has 4 heteroatoms. The van der Waals surface area contributed by atoms with E-state index in [1.807, 2.05) is 24.3 Å². The maximum atomic E-state index is 12.1. The molecular weight excluding hydrogens is 224 g/mol. The number of nitrogens with two attached hydrogens (primary N) is 1. The molecular formula is C12H13ClN2O. The number of para-hydroxylation sites is 1. The maximum Gasteiger partial charge on any atom is 0.230 e. The first-order valence-electron chi connectivity index (χ1n) is 5.50. The van der Waals surface area contributed by atoms with E-state index in [1.165, 1.54) is 0 Å². The highest BCUT2D eigenvalue weighted by Crippen LogP contribution is 2.53. The summed E-state index contributed by atoms with van der Waals surface area (Å²) in [6.45, 7) is 1.40. The fourth-order valence-electron chi connectivity index (χ4n) is 2.75. The van der Waals surface area contributed by atoms with Crippen LogP contribution in [0.5, 0.6) is 0 Å². The zero-order chi connectivity index (χ0) is 11.3. The Morgan fingerprint density at radius 2 is 2.19 bits per heavy atom. The molecule has 0 radical (unpaired) electrons. The zero-order valence-corrected chi connectivity index (χ0v) is 9.52. The Morgan fingerprint density at radius 3 is 2.75 bits per heavy atom. The number of hydrogen-bond donors (Lipinski definition) is 1. The van der Waals surface area contributed by atoms with Crippen LogP contribution in [-0.2, 0) is 4.79 Å². The van der Waals surface area contributed by atoms with Crippen molar-refractivity contribution in [3.05, 3.63) is 29.3 Å². The van der Waals surface area contributed by atoms with Gasteiger partial charge >= 0.3 is 0 Å². The Kier molecular flexibility index (Phi) is 2.19. The second kappa shape index (κ2) is 3.47. The van der Waals surface area contributed by atoms with Crippen LogP contribution in [0.25, 0.3) is 0 Å². The summed E-state index contributed by atoms with van der Waals surface area (Å²) in [5, 5.41) is 0.640. The number of fused-ring (bicyclic) bond motifs is 1. The Labute approximate surface area is 99.2 Å². The summed E-state index contributed by atoms with van der Waals surface area (Å²) in [5.41, 5.74) is 6.43. The van der Waals surface area contributed by atoms with Gasteiger partial charge in [-0.1, -0.05) is 23.7 Å². The molecule has 3 nitrogen and oxygen atoms in total. The van der Waals surface area contributed by atoms with Crippen molar-refractivity contribution in [1.29, 1.82) is 0 Å². The number of amides is 1. The van der Waals surface area contributed by atoms with Gasteiger partial charge in [0.05, 0.1) is 10.7 Å². The van der Waals surface area contributed by atoms with Crippen molar-refractivity contribution in [3.63, 3.8) is 0 Å². The van der Waals surface area contributed by atoms with E-state index in [9.17, 15) is 4.79 Å². The van der Waals surface area contributed by atoms with Gasteiger partial charge in [-0.2, -0.15) is 0 Å². The minimum absolute atomic E-state index is 0.154. The highest BCUT2D eigenvalue weighted by Gasteiger charge is 2.60. The number of rotatable bonds is 2. The molecule has 1 saturated heterocycles. The van der Waals surface area contributed by atoms with Crippen molar-refractivity contribution in [2.75, 3.05) is 18.0 Å². The molecule has 16 heavy (non-hydrogen) atoms. The van der Waals surface area contributed by atoms with Crippen molar-refractivity contribution < 1.29 is 4.79 Å². The van der Waals surface area contributed by atoms with Crippen molar-refractivity contribution in [2.45, 2.75) is 0 Å². The van der Waals surface area contributed by atoms with Gasteiger partial charge in [-0.3, -0.25) is 4.79 Å². The van der Waals surface area contributed by atoms with E-state index in [1.54, 1.807) is 4.90 Å². The second-order valence-electron chi connectivity index (χ2n) is 4.49. The molecule has 2 fully saturated rings. The van der Waals surface area contributed by atoms with Gasteiger partial charge in [0.15, 0.2) is 0 Å². The van der Waals surface area contributed by atoms with E-state index in [2.05, 4.69) is 0 Å². The molecule has 1 aliphatic heterocycles. The molecule has 3 atom stereocenters. The molecule has 0 bridgehead atoms. The van der Waals surface area contributed by atoms with Crippen LogP contribution in [-0.4, -0.2) is 19.0 Å². The molecule has 1 saturated carbocycles. The Balaban J connectivity index is 1.85. The first kappa shape index (κ1) is 10.1. The topological polar surface area (TPSA) is 46.3 Å². The predicted molar refractivity (Wildman–Crippen MR) is 63.3 cm³/mol. The van der Waals surface area contributed by atoms with Gasteiger partial charge in [-0.15, -0.1) is 0 Å². The molecule has 1 amide bonds. The van der Waals surface area contributed by atoms with Crippen LogP contribution < -0.4 is 10.6 Å². The standard InChI is InChI=1S/C12H13ClN2O/c13-9-3-1-2-4-10(9)15-6-8-7(5-14)11(8)12(15)16/h1-4,7-8,11H,5-6,14H2. The largest absolute Gasteiger partial charge is 0.330 e. The Morgan fingerprint density at radius 1 is 1.44 bits per heavy atom. The summed E-state index contributed by atoms with van der Waals surface area (Å²) in [5.74, 6) is 1.20. The maximum absolute atomic E-state index is 12.1. The third kappa shape index (κ3) is 1.28. The molecule has 1 heterocycles. The average Bonchev–Trinajstić information content (AvgIpc) is 2.89. The fourth-order valence-corrected chi connectivity index (χ4v) is 2.99. The Bertz CT molecular complexity index is 448. The SMILES string of the molecule is NCC1C2CN(c3ccccc3Cl)C(=O)C12. The second-order valence-corrected chi connectivity index (χ2v) is 4.90. The van der Waals surface area contributed by atoms with Crippen molar-refractivity contribution in [3.8, 4) is 0 Å². The Hall–Kier alpha value is -1.06. The van der Waals surface area contributed by atoms with E-state index in [0.717, 1.165) is 12.2 Å². The van der Waals surface area contributed by atoms with E-state index < -0.39 is 0 Å². The summed E-state index contributed by atoms with van der Waals surface area (Å²) < 4.78 is 0. The summed E-state index contributed by atoms with van der Waals surface area (Å²) in [6, 6.07) is 7.48. The molecule has 1 aromatic carbocycles. The highest BCUT2D eigenvalue weighted by molar-refractivity contribution is 6.34. The molecule has 3 rings (SSSR count). The molecule has 84 valence electrons. The predicted octanol–water partition coefficient (Wildman–Crippen LogP) is 1.51. The van der Waals surface area contributed by atoms with Crippen LogP contribution in [0.2, 0.25) is 5.02 Å². The molecule has 1 aliphatic carbocycles. The van der Waals surface area contributed by atoms with Gasteiger partial charge in [-0.25, -0.2) is 0 Å². The van der Waals surface area contributed by atoms with Crippen LogP contribution >= 0.6 is 11.6 Å². The van der Waals surface area contributed by atoms with Gasteiger partial charge in [0.2, 0.25) is 5.91 Å².